The van der Waals surface area contributed by atoms with Crippen molar-refractivity contribution in [3.63, 3.8) is 0 Å². The molecule has 0 bridgehead atoms. The van der Waals surface area contributed by atoms with Gasteiger partial charge >= 0.3 is 0 Å². The monoisotopic (exact) mass is 505 g/mol. The van der Waals surface area contributed by atoms with Crippen LogP contribution in [0.2, 0.25) is 5.02 Å². The number of carbonyl (C=O) groups is 1. The predicted octanol–water partition coefficient (Wildman–Crippen LogP) is 5.61. The minimum absolute atomic E-state index is 0.0289. The summed E-state index contributed by atoms with van der Waals surface area (Å²) in [6.07, 6.45) is 0. The number of hydrogen-bond acceptors (Lipinski definition) is 6. The summed E-state index contributed by atoms with van der Waals surface area (Å²) in [4.78, 5) is 29.1. The van der Waals surface area contributed by atoms with E-state index in [2.05, 4.69) is 0 Å². The van der Waals surface area contributed by atoms with Crippen LogP contribution >= 0.6 is 11.6 Å². The van der Waals surface area contributed by atoms with Crippen molar-refractivity contribution >= 4 is 28.5 Å². The number of halogens is 1. The number of rotatable bonds is 7. The maximum Gasteiger partial charge on any atom is 0.291 e. The topological polar surface area (TPSA) is 78.2 Å². The average Bonchev–Trinajstić information content (AvgIpc) is 3.17. The lowest BCUT2D eigenvalue weighted by Crippen LogP contribution is -2.29. The third-order valence-electron chi connectivity index (χ3n) is 6.24. The van der Waals surface area contributed by atoms with Crippen molar-refractivity contribution in [1.82, 2.24) is 4.90 Å². The lowest BCUT2D eigenvalue weighted by atomic mass is 9.97. The molecule has 3 aromatic carbocycles. The second-order valence-corrected chi connectivity index (χ2v) is 8.78. The molecule has 8 heteroatoms. The molecule has 0 saturated carbocycles. The first kappa shape index (κ1) is 23.8. The number of ether oxygens (including phenoxy) is 3. The molecule has 0 aliphatic carbocycles. The first-order valence-electron chi connectivity index (χ1n) is 11.5. The van der Waals surface area contributed by atoms with E-state index in [-0.39, 0.29) is 29.2 Å². The van der Waals surface area contributed by atoms with Crippen LogP contribution in [-0.2, 0) is 6.54 Å². The quantitative estimate of drug-likeness (QED) is 0.325. The molecule has 0 spiro atoms. The predicted molar refractivity (Wildman–Crippen MR) is 136 cm³/mol. The summed E-state index contributed by atoms with van der Waals surface area (Å²) in [5.41, 5.74) is 1.86. The van der Waals surface area contributed by atoms with Gasteiger partial charge in [-0.05, 0) is 60.5 Å². The van der Waals surface area contributed by atoms with Crippen LogP contribution in [0.15, 0.2) is 69.9 Å². The fourth-order valence-electron chi connectivity index (χ4n) is 4.56. The molecule has 1 unspecified atom stereocenters. The van der Waals surface area contributed by atoms with Gasteiger partial charge in [0.1, 0.15) is 11.3 Å². The normalized spacial score (nSPS) is 14.7. The Bertz CT molecular complexity index is 1510. The number of benzene rings is 3. The van der Waals surface area contributed by atoms with Gasteiger partial charge in [0.2, 0.25) is 5.76 Å². The van der Waals surface area contributed by atoms with Crippen molar-refractivity contribution in [1.29, 1.82) is 0 Å². The Labute approximate surface area is 212 Å². The fraction of sp³-hybridized carbons (Fsp3) is 0.214. The maximum atomic E-state index is 13.7. The average molecular weight is 506 g/mol. The van der Waals surface area contributed by atoms with Crippen LogP contribution in [0.4, 0.5) is 0 Å². The van der Waals surface area contributed by atoms with Gasteiger partial charge in [0, 0.05) is 11.6 Å². The summed E-state index contributed by atoms with van der Waals surface area (Å²) in [7, 11) is 3.15. The zero-order chi connectivity index (χ0) is 25.4. The van der Waals surface area contributed by atoms with Gasteiger partial charge in [-0.25, -0.2) is 0 Å². The van der Waals surface area contributed by atoms with Gasteiger partial charge in [-0.3, -0.25) is 9.59 Å². The molecule has 1 atom stereocenters. The summed E-state index contributed by atoms with van der Waals surface area (Å²) >= 11 is 6.17. The van der Waals surface area contributed by atoms with Crippen LogP contribution in [0, 0.1) is 0 Å². The molecule has 0 N–H and O–H groups in total. The molecule has 0 saturated heterocycles. The summed E-state index contributed by atoms with van der Waals surface area (Å²) in [5.74, 6) is 1.46. The largest absolute Gasteiger partial charge is 0.497 e. The number of nitrogens with zero attached hydrogens (tertiary/aromatic N) is 1. The standard InChI is InChI=1S/C28H24ClNO6/c1-4-35-22-11-7-17(13-23(22)34-3)25-24-26(31)20-14-18(29)8-12-21(20)36-27(24)28(32)30(25)15-16-5-9-19(33-2)10-6-16/h5-14,25H,4,15H2,1-3H3. The third-order valence-corrected chi connectivity index (χ3v) is 6.48. The van der Waals surface area contributed by atoms with E-state index in [0.29, 0.717) is 45.4 Å². The molecule has 36 heavy (non-hydrogen) atoms. The Morgan fingerprint density at radius 1 is 0.944 bits per heavy atom. The zero-order valence-corrected chi connectivity index (χ0v) is 20.8. The highest BCUT2D eigenvalue weighted by Crippen LogP contribution is 2.42. The van der Waals surface area contributed by atoms with Crippen molar-refractivity contribution in [2.24, 2.45) is 0 Å². The number of fused-ring (bicyclic) bond motifs is 2. The van der Waals surface area contributed by atoms with E-state index in [9.17, 15) is 9.59 Å². The summed E-state index contributed by atoms with van der Waals surface area (Å²) < 4.78 is 22.5. The van der Waals surface area contributed by atoms with Gasteiger partial charge in [0.25, 0.3) is 5.91 Å². The van der Waals surface area contributed by atoms with Crippen molar-refractivity contribution in [2.75, 3.05) is 20.8 Å². The van der Waals surface area contributed by atoms with Crippen molar-refractivity contribution < 1.29 is 23.4 Å². The summed E-state index contributed by atoms with van der Waals surface area (Å²) in [6, 6.07) is 16.9. The summed E-state index contributed by atoms with van der Waals surface area (Å²) in [6.45, 7) is 2.61. The highest BCUT2D eigenvalue weighted by molar-refractivity contribution is 6.31. The van der Waals surface area contributed by atoms with Crippen LogP contribution in [-0.4, -0.2) is 31.6 Å². The van der Waals surface area contributed by atoms with Gasteiger partial charge < -0.3 is 23.5 Å². The molecule has 184 valence electrons. The van der Waals surface area contributed by atoms with E-state index in [0.717, 1.165) is 5.56 Å². The van der Waals surface area contributed by atoms with Gasteiger partial charge in [0.05, 0.1) is 37.8 Å². The molecule has 0 fully saturated rings. The Kier molecular flexibility index (Phi) is 6.33. The SMILES string of the molecule is CCOc1ccc(C2c3c(oc4ccc(Cl)cc4c3=O)C(=O)N2Cc2ccc(OC)cc2)cc1OC. The number of carbonyl (C=O) groups excluding carboxylic acids is 1. The Morgan fingerprint density at radius 3 is 2.42 bits per heavy atom. The van der Waals surface area contributed by atoms with E-state index in [4.69, 9.17) is 30.2 Å². The molecule has 5 rings (SSSR count). The first-order valence-corrected chi connectivity index (χ1v) is 11.8. The lowest BCUT2D eigenvalue weighted by molar-refractivity contribution is 0.0714. The number of methoxy groups -OCH3 is 2. The molecular weight excluding hydrogens is 482 g/mol. The first-order chi connectivity index (χ1) is 17.4. The third kappa shape index (κ3) is 4.05. The van der Waals surface area contributed by atoms with Crippen molar-refractivity contribution in [3.8, 4) is 17.2 Å². The molecule has 1 aliphatic rings. The van der Waals surface area contributed by atoms with Crippen LogP contribution in [0.5, 0.6) is 17.2 Å². The molecule has 1 amide bonds. The van der Waals surface area contributed by atoms with E-state index in [1.807, 2.05) is 37.3 Å². The Morgan fingerprint density at radius 2 is 1.72 bits per heavy atom. The molecule has 0 radical (unpaired) electrons. The molecule has 4 aromatic rings. The molecular formula is C28H24ClNO6. The molecule has 1 aliphatic heterocycles. The molecule has 1 aromatic heterocycles. The van der Waals surface area contributed by atoms with Crippen molar-refractivity contribution in [2.45, 2.75) is 19.5 Å². The van der Waals surface area contributed by atoms with Gasteiger partial charge in [-0.15, -0.1) is 0 Å². The van der Waals surface area contributed by atoms with Crippen molar-refractivity contribution in [3.05, 3.63) is 98.4 Å². The number of amides is 1. The van der Waals surface area contributed by atoms with E-state index in [1.165, 1.54) is 0 Å². The van der Waals surface area contributed by atoms with Gasteiger partial charge in [-0.1, -0.05) is 29.8 Å². The van der Waals surface area contributed by atoms with E-state index >= 15 is 0 Å². The van der Waals surface area contributed by atoms with Crippen LogP contribution in [0.1, 0.15) is 40.2 Å². The van der Waals surface area contributed by atoms with E-state index in [1.54, 1.807) is 49.5 Å². The Hall–Kier alpha value is -3.97. The second kappa shape index (κ2) is 9.59. The van der Waals surface area contributed by atoms with Gasteiger partial charge in [0.15, 0.2) is 16.9 Å². The smallest absolute Gasteiger partial charge is 0.291 e. The van der Waals surface area contributed by atoms with Crippen LogP contribution in [0.3, 0.4) is 0 Å². The Balaban J connectivity index is 1.69. The zero-order valence-electron chi connectivity index (χ0n) is 20.0. The maximum absolute atomic E-state index is 13.7. The lowest BCUT2D eigenvalue weighted by Gasteiger charge is -2.26. The minimum Gasteiger partial charge on any atom is -0.497 e. The highest BCUT2D eigenvalue weighted by Gasteiger charge is 2.43. The summed E-state index contributed by atoms with van der Waals surface area (Å²) in [5, 5.41) is 0.733. The molecule has 7 nitrogen and oxygen atoms in total. The highest BCUT2D eigenvalue weighted by atomic mass is 35.5. The van der Waals surface area contributed by atoms with Gasteiger partial charge in [-0.2, -0.15) is 0 Å². The molecule has 2 heterocycles. The fourth-order valence-corrected chi connectivity index (χ4v) is 4.73. The van der Waals surface area contributed by atoms with E-state index < -0.39 is 6.04 Å². The van der Waals surface area contributed by atoms with Crippen LogP contribution < -0.4 is 19.6 Å². The number of hydrogen-bond donors (Lipinski definition) is 0. The second-order valence-electron chi connectivity index (χ2n) is 8.34. The minimum atomic E-state index is -0.696. The van der Waals surface area contributed by atoms with Crippen LogP contribution in [0.25, 0.3) is 11.0 Å².